The van der Waals surface area contributed by atoms with E-state index in [1.165, 1.54) is 24.3 Å². The molecule has 0 saturated heterocycles. The second kappa shape index (κ2) is 5.52. The normalized spacial score (nSPS) is 14.6. The monoisotopic (exact) mass is 314 g/mol. The predicted molar refractivity (Wildman–Crippen MR) is 74.6 cm³/mol. The molecular weight excluding hydrogens is 302 g/mol. The van der Waals surface area contributed by atoms with Gasteiger partial charge in [0, 0.05) is 0 Å². The van der Waals surface area contributed by atoms with E-state index >= 15 is 0 Å². The second-order valence-corrected chi connectivity index (χ2v) is 7.33. The Labute approximate surface area is 115 Å². The minimum absolute atomic E-state index is 0.0527. The number of hydrogen-bond donors (Lipinski definition) is 3. The lowest BCUT2D eigenvalue weighted by Gasteiger charge is -2.13. The molecular formula is C12H12O6P2. The van der Waals surface area contributed by atoms with Gasteiger partial charge in [0.25, 0.3) is 0 Å². The van der Waals surface area contributed by atoms with E-state index in [1.54, 1.807) is 18.2 Å². The van der Waals surface area contributed by atoms with E-state index in [-0.39, 0.29) is 16.4 Å². The van der Waals surface area contributed by atoms with Crippen molar-refractivity contribution in [1.82, 2.24) is 0 Å². The fraction of sp³-hybridized carbons (Fsp3) is 0. The van der Waals surface area contributed by atoms with Crippen LogP contribution in [0.25, 0.3) is 0 Å². The zero-order valence-electron chi connectivity index (χ0n) is 10.2. The van der Waals surface area contributed by atoms with Crippen molar-refractivity contribution in [2.24, 2.45) is 0 Å². The van der Waals surface area contributed by atoms with Crippen LogP contribution in [0.5, 0.6) is 5.75 Å². The van der Waals surface area contributed by atoms with Crippen molar-refractivity contribution in [3.8, 4) is 5.75 Å². The first-order valence-corrected chi connectivity index (χ1v) is 8.72. The minimum Gasteiger partial charge on any atom is -0.421 e. The molecule has 6 nitrogen and oxygen atoms in total. The van der Waals surface area contributed by atoms with E-state index in [2.05, 4.69) is 0 Å². The van der Waals surface area contributed by atoms with Gasteiger partial charge in [0.1, 0.15) is 5.75 Å². The Morgan fingerprint density at radius 1 is 0.750 bits per heavy atom. The highest BCUT2D eigenvalue weighted by molar-refractivity contribution is 7.61. The van der Waals surface area contributed by atoms with E-state index in [0.717, 1.165) is 12.1 Å². The quantitative estimate of drug-likeness (QED) is 0.737. The molecule has 0 aliphatic rings. The molecule has 2 rings (SSSR count). The lowest BCUT2D eigenvalue weighted by Crippen LogP contribution is -2.09. The van der Waals surface area contributed by atoms with E-state index in [1.807, 2.05) is 0 Å². The highest BCUT2D eigenvalue weighted by Gasteiger charge is 2.24. The van der Waals surface area contributed by atoms with Gasteiger partial charge < -0.3 is 19.2 Å². The van der Waals surface area contributed by atoms with Crippen LogP contribution >= 0.6 is 15.2 Å². The first-order chi connectivity index (χ1) is 9.29. The molecule has 8 heteroatoms. The zero-order valence-corrected chi connectivity index (χ0v) is 11.9. The van der Waals surface area contributed by atoms with Crippen molar-refractivity contribution in [2.75, 3.05) is 0 Å². The molecule has 1 atom stereocenters. The van der Waals surface area contributed by atoms with Gasteiger partial charge in [0.05, 0.1) is 10.6 Å². The summed E-state index contributed by atoms with van der Waals surface area (Å²) in [5.41, 5.74) is 0. The Hall–Kier alpha value is -1.42. The maximum absolute atomic E-state index is 12.0. The minimum atomic E-state index is -4.33. The van der Waals surface area contributed by atoms with Crippen molar-refractivity contribution in [1.29, 1.82) is 0 Å². The van der Waals surface area contributed by atoms with Gasteiger partial charge >= 0.3 is 15.2 Å². The fourth-order valence-electron chi connectivity index (χ4n) is 1.51. The van der Waals surface area contributed by atoms with Gasteiger partial charge in [-0.05, 0) is 36.4 Å². The first kappa shape index (κ1) is 15.0. The predicted octanol–water partition coefficient (Wildman–Crippen LogP) is 1.38. The summed E-state index contributed by atoms with van der Waals surface area (Å²) in [6.07, 6.45) is 0. The third-order valence-corrected chi connectivity index (χ3v) is 4.86. The maximum atomic E-state index is 12.0. The topological polar surface area (TPSA) is 104 Å². The third kappa shape index (κ3) is 3.57. The number of rotatable bonds is 4. The van der Waals surface area contributed by atoms with Crippen molar-refractivity contribution in [3.63, 3.8) is 0 Å². The summed E-state index contributed by atoms with van der Waals surface area (Å²) in [5.74, 6) is 0.0527. The summed E-state index contributed by atoms with van der Waals surface area (Å²) in [6.45, 7) is 0. The Balaban J connectivity index is 2.22. The molecule has 2 aromatic carbocycles. The van der Waals surface area contributed by atoms with E-state index < -0.39 is 15.2 Å². The summed E-state index contributed by atoms with van der Waals surface area (Å²) in [6, 6.07) is 12.6. The second-order valence-electron chi connectivity index (χ2n) is 3.99. The third-order valence-electron chi connectivity index (χ3n) is 2.48. The Morgan fingerprint density at radius 2 is 1.30 bits per heavy atom. The molecule has 1 unspecified atom stereocenters. The molecule has 106 valence electrons. The van der Waals surface area contributed by atoms with Crippen LogP contribution in [0.2, 0.25) is 0 Å². The Morgan fingerprint density at radius 3 is 1.80 bits per heavy atom. The molecule has 2 aromatic rings. The van der Waals surface area contributed by atoms with Gasteiger partial charge in [-0.1, -0.05) is 18.2 Å². The largest absolute Gasteiger partial charge is 0.421 e. The molecule has 0 bridgehead atoms. The van der Waals surface area contributed by atoms with Gasteiger partial charge in [0.15, 0.2) is 0 Å². The first-order valence-electron chi connectivity index (χ1n) is 5.53. The molecule has 0 spiro atoms. The molecule has 0 amide bonds. The van der Waals surface area contributed by atoms with Crippen LogP contribution < -0.4 is 15.1 Å². The molecule has 0 fully saturated rings. The molecule has 0 aromatic heterocycles. The van der Waals surface area contributed by atoms with Gasteiger partial charge in [-0.15, -0.1) is 0 Å². The van der Waals surface area contributed by atoms with Crippen LogP contribution in [-0.4, -0.2) is 14.7 Å². The summed E-state index contributed by atoms with van der Waals surface area (Å²) >= 11 is 0. The number of hydrogen-bond acceptors (Lipinski definition) is 3. The standard InChI is InChI=1S/C12H12O6P2/c13-19(14,15)11-8-6-10(7-9-11)18-20(16,17)12-4-2-1-3-5-12/h1-9H,(H,16,17)(H2,13,14,15). The average molecular weight is 314 g/mol. The lowest BCUT2D eigenvalue weighted by atomic mass is 10.3. The fourth-order valence-corrected chi connectivity index (χ4v) is 3.11. The van der Waals surface area contributed by atoms with Crippen molar-refractivity contribution in [2.45, 2.75) is 0 Å². The summed E-state index contributed by atoms with van der Waals surface area (Å²) in [7, 11) is -8.35. The zero-order chi connectivity index (χ0) is 14.8. The lowest BCUT2D eigenvalue weighted by molar-refractivity contribution is 0.387. The summed E-state index contributed by atoms with van der Waals surface area (Å²) in [4.78, 5) is 27.8. The van der Waals surface area contributed by atoms with Gasteiger partial charge in [0.2, 0.25) is 0 Å². The SMILES string of the molecule is O=P(O)(O)c1ccc(OP(=O)(O)c2ccccc2)cc1. The maximum Gasteiger partial charge on any atom is 0.408 e. The van der Waals surface area contributed by atoms with Gasteiger partial charge in [-0.3, -0.25) is 4.57 Å². The molecule has 0 aliphatic heterocycles. The van der Waals surface area contributed by atoms with Crippen molar-refractivity contribution >= 4 is 25.8 Å². The van der Waals surface area contributed by atoms with Gasteiger partial charge in [-0.2, -0.15) is 0 Å². The van der Waals surface area contributed by atoms with Gasteiger partial charge in [-0.25, -0.2) is 4.57 Å². The van der Waals surface area contributed by atoms with Crippen molar-refractivity contribution in [3.05, 3.63) is 54.6 Å². The molecule has 3 N–H and O–H groups in total. The highest BCUT2D eigenvalue weighted by atomic mass is 31.2. The molecule has 0 radical (unpaired) electrons. The van der Waals surface area contributed by atoms with E-state index in [4.69, 9.17) is 14.3 Å². The van der Waals surface area contributed by atoms with Crippen LogP contribution in [0.1, 0.15) is 0 Å². The van der Waals surface area contributed by atoms with Crippen LogP contribution in [-0.2, 0) is 9.13 Å². The average Bonchev–Trinajstić information content (AvgIpc) is 2.39. The van der Waals surface area contributed by atoms with Crippen LogP contribution in [0.4, 0.5) is 0 Å². The van der Waals surface area contributed by atoms with E-state index in [0.29, 0.717) is 0 Å². The Bertz CT molecular complexity index is 677. The smallest absolute Gasteiger partial charge is 0.408 e. The summed E-state index contributed by atoms with van der Waals surface area (Å²) in [5, 5.41) is -0.0450. The van der Waals surface area contributed by atoms with Crippen LogP contribution in [0.15, 0.2) is 54.6 Å². The van der Waals surface area contributed by atoms with Crippen LogP contribution in [0.3, 0.4) is 0 Å². The summed E-state index contributed by atoms with van der Waals surface area (Å²) < 4.78 is 28.1. The molecule has 0 saturated carbocycles. The molecule has 0 heterocycles. The van der Waals surface area contributed by atoms with E-state index in [9.17, 15) is 14.0 Å². The Kier molecular flexibility index (Phi) is 4.14. The van der Waals surface area contributed by atoms with Crippen LogP contribution in [0, 0.1) is 0 Å². The molecule has 20 heavy (non-hydrogen) atoms. The highest BCUT2D eigenvalue weighted by Crippen LogP contribution is 2.42. The number of benzene rings is 2. The van der Waals surface area contributed by atoms with Crippen molar-refractivity contribution < 1.29 is 28.3 Å². The molecule has 0 aliphatic carbocycles.